The molecule has 0 aliphatic rings. The van der Waals surface area contributed by atoms with Gasteiger partial charge in [-0.05, 0) is 128 Å². The van der Waals surface area contributed by atoms with Crippen molar-refractivity contribution < 1.29 is 28.6 Å². The number of carbonyl (C=O) groups is 3. The molecule has 68 heavy (non-hydrogen) atoms. The number of unbranched alkanes of at least 4 members (excludes halogenated alkanes) is 11. The van der Waals surface area contributed by atoms with E-state index in [1.807, 2.05) is 0 Å². The predicted molar refractivity (Wildman–Crippen MR) is 292 cm³/mol. The van der Waals surface area contributed by atoms with Gasteiger partial charge in [0.2, 0.25) is 0 Å². The molecule has 1 unspecified atom stereocenters. The number of hydrogen-bond acceptors (Lipinski definition) is 6. The van der Waals surface area contributed by atoms with Crippen molar-refractivity contribution in [3.8, 4) is 0 Å². The lowest BCUT2D eigenvalue weighted by molar-refractivity contribution is -0.167. The number of esters is 3. The van der Waals surface area contributed by atoms with Crippen LogP contribution in [0.2, 0.25) is 0 Å². The molecule has 0 bridgehead atoms. The quantitative estimate of drug-likeness (QED) is 0.0262. The lowest BCUT2D eigenvalue weighted by Gasteiger charge is -2.18. The second-order valence-electron chi connectivity index (χ2n) is 17.0. The minimum absolute atomic E-state index is 0.132. The lowest BCUT2D eigenvalue weighted by atomic mass is 10.1. The highest BCUT2D eigenvalue weighted by molar-refractivity contribution is 5.71. The minimum Gasteiger partial charge on any atom is -0.462 e. The first kappa shape index (κ1) is 63.3. The predicted octanol–water partition coefficient (Wildman–Crippen LogP) is 18.0. The molecule has 0 aromatic carbocycles. The number of rotatable bonds is 46. The van der Waals surface area contributed by atoms with Crippen LogP contribution >= 0.6 is 0 Å². The maximum Gasteiger partial charge on any atom is 0.306 e. The normalized spacial score (nSPS) is 13.3. The van der Waals surface area contributed by atoms with Crippen molar-refractivity contribution in [1.82, 2.24) is 0 Å². The van der Waals surface area contributed by atoms with Crippen LogP contribution in [0.4, 0.5) is 0 Å². The highest BCUT2D eigenvalue weighted by Crippen LogP contribution is 2.11. The summed E-state index contributed by atoms with van der Waals surface area (Å²) in [5, 5.41) is 0. The summed E-state index contributed by atoms with van der Waals surface area (Å²) in [5.74, 6) is -1.07. The Labute approximate surface area is 417 Å². The second kappa shape index (κ2) is 54.9. The van der Waals surface area contributed by atoms with Crippen LogP contribution < -0.4 is 0 Å². The molecule has 0 heterocycles. The Hall–Kier alpha value is -4.71. The van der Waals surface area contributed by atoms with Crippen molar-refractivity contribution in [3.05, 3.63) is 146 Å². The number of carbonyl (C=O) groups excluding carboxylic acids is 3. The Kier molecular flexibility index (Phi) is 51.1. The molecule has 0 aliphatic heterocycles. The molecule has 6 nitrogen and oxygen atoms in total. The Morgan fingerprint density at radius 2 is 0.588 bits per heavy atom. The number of allylic oxidation sites excluding steroid dienone is 24. The van der Waals surface area contributed by atoms with E-state index in [1.54, 1.807) is 0 Å². The van der Waals surface area contributed by atoms with E-state index in [9.17, 15) is 14.4 Å². The van der Waals surface area contributed by atoms with E-state index >= 15 is 0 Å². The highest BCUT2D eigenvalue weighted by atomic mass is 16.6. The van der Waals surface area contributed by atoms with Crippen molar-refractivity contribution >= 4 is 17.9 Å². The monoisotopic (exact) mass is 937 g/mol. The van der Waals surface area contributed by atoms with Gasteiger partial charge < -0.3 is 14.2 Å². The van der Waals surface area contributed by atoms with Gasteiger partial charge >= 0.3 is 17.9 Å². The summed E-state index contributed by atoms with van der Waals surface area (Å²) in [6.45, 7) is 6.26. The molecule has 0 radical (unpaired) electrons. The van der Waals surface area contributed by atoms with Gasteiger partial charge in [-0.3, -0.25) is 14.4 Å². The molecule has 0 saturated carbocycles. The van der Waals surface area contributed by atoms with Gasteiger partial charge in [-0.2, -0.15) is 0 Å². The van der Waals surface area contributed by atoms with Gasteiger partial charge in [0.05, 0.1) is 0 Å². The lowest BCUT2D eigenvalue weighted by Crippen LogP contribution is -2.30. The fourth-order valence-corrected chi connectivity index (χ4v) is 6.60. The van der Waals surface area contributed by atoms with Crippen molar-refractivity contribution in [3.63, 3.8) is 0 Å². The Bertz CT molecular complexity index is 1540. The van der Waals surface area contributed by atoms with Gasteiger partial charge in [-0.1, -0.05) is 205 Å². The van der Waals surface area contributed by atoms with Crippen molar-refractivity contribution in [2.45, 2.75) is 213 Å². The summed E-state index contributed by atoms with van der Waals surface area (Å²) in [5.41, 5.74) is 0. The van der Waals surface area contributed by atoms with E-state index in [0.29, 0.717) is 19.3 Å². The second-order valence-corrected chi connectivity index (χ2v) is 17.0. The Morgan fingerprint density at radius 1 is 0.309 bits per heavy atom. The summed E-state index contributed by atoms with van der Waals surface area (Å²) in [4.78, 5) is 38.0. The van der Waals surface area contributed by atoms with E-state index in [4.69, 9.17) is 14.2 Å². The first-order valence-corrected chi connectivity index (χ1v) is 26.8. The molecular formula is C62H96O6. The first-order valence-electron chi connectivity index (χ1n) is 26.8. The number of ether oxygens (including phenoxy) is 3. The molecule has 0 aliphatic carbocycles. The van der Waals surface area contributed by atoms with Gasteiger partial charge in [0.1, 0.15) is 13.2 Å². The molecule has 380 valence electrons. The fourth-order valence-electron chi connectivity index (χ4n) is 6.60. The van der Waals surface area contributed by atoms with Crippen LogP contribution in [0.1, 0.15) is 207 Å². The maximum absolute atomic E-state index is 12.8. The molecule has 0 spiro atoms. The third-order valence-corrected chi connectivity index (χ3v) is 10.6. The van der Waals surface area contributed by atoms with Crippen LogP contribution in [0, 0.1) is 0 Å². The zero-order valence-electron chi connectivity index (χ0n) is 43.3. The van der Waals surface area contributed by atoms with Gasteiger partial charge in [-0.25, -0.2) is 0 Å². The fraction of sp³-hybridized carbons (Fsp3) is 0.565. The van der Waals surface area contributed by atoms with E-state index in [1.165, 1.54) is 32.1 Å². The standard InChI is InChI=1S/C62H96O6/c1-4-7-10-13-16-19-22-25-28-31-34-37-40-43-46-49-52-55-61(64)67-58-59(57-66-60(63)54-51-48-45-42-39-36-33-30-27-24-21-18-15-12-9-6-3)68-62(65)56-53-50-47-44-41-38-35-32-29-26-23-20-17-14-11-8-5-2/h7-8,10-11,16-17,19-21,24-26,28-30,33-35,37-38,43-44,46-47,59H,4-6,9,12-15,18,22-23,27,31-32,36,39-42,45,48-58H2,1-3H3/b10-7-,11-8-,19-16-,20-17-,24-21-,28-25-,29-26-,33-30-,37-34-,38-35-,46-43-,47-44-. The molecule has 0 aromatic rings. The van der Waals surface area contributed by atoms with Crippen LogP contribution in [0.15, 0.2) is 146 Å². The number of hydrogen-bond donors (Lipinski definition) is 0. The van der Waals surface area contributed by atoms with Crippen LogP contribution in [0.3, 0.4) is 0 Å². The zero-order valence-corrected chi connectivity index (χ0v) is 43.3. The third kappa shape index (κ3) is 52.3. The molecule has 6 heteroatoms. The SMILES string of the molecule is CC/C=C\C/C=C\C/C=C\C/C=C\C/C=C\CCCC(=O)OCC(COC(=O)CCCCCCC/C=C\C/C=C\CCCCCC)OC(=O)CCC/C=C\C/C=C\C/C=C\C/C=C\C/C=C\CC. The summed E-state index contributed by atoms with van der Waals surface area (Å²) >= 11 is 0. The zero-order chi connectivity index (χ0) is 49.3. The molecule has 0 rings (SSSR count). The van der Waals surface area contributed by atoms with Crippen LogP contribution in [0.5, 0.6) is 0 Å². The maximum atomic E-state index is 12.8. The highest BCUT2D eigenvalue weighted by Gasteiger charge is 2.19. The summed E-state index contributed by atoms with van der Waals surface area (Å²) in [7, 11) is 0. The van der Waals surface area contributed by atoms with Gasteiger partial charge in [-0.15, -0.1) is 0 Å². The molecule has 0 saturated heterocycles. The van der Waals surface area contributed by atoms with E-state index in [0.717, 1.165) is 122 Å². The van der Waals surface area contributed by atoms with Crippen LogP contribution in [-0.2, 0) is 28.6 Å². The average Bonchev–Trinajstić information content (AvgIpc) is 3.34. The van der Waals surface area contributed by atoms with Crippen LogP contribution in [-0.4, -0.2) is 37.2 Å². The van der Waals surface area contributed by atoms with Gasteiger partial charge in [0, 0.05) is 19.3 Å². The third-order valence-electron chi connectivity index (χ3n) is 10.6. The molecule has 1 atom stereocenters. The first-order chi connectivity index (χ1) is 33.5. The average molecular weight is 937 g/mol. The molecule has 0 aromatic heterocycles. The van der Waals surface area contributed by atoms with Crippen LogP contribution in [0.25, 0.3) is 0 Å². The van der Waals surface area contributed by atoms with Crippen molar-refractivity contribution in [2.75, 3.05) is 13.2 Å². The molecule has 0 N–H and O–H groups in total. The molecule has 0 amide bonds. The molecular weight excluding hydrogens is 841 g/mol. The Morgan fingerprint density at radius 3 is 0.956 bits per heavy atom. The van der Waals surface area contributed by atoms with E-state index in [-0.39, 0.29) is 38.0 Å². The topological polar surface area (TPSA) is 78.9 Å². The largest absolute Gasteiger partial charge is 0.462 e. The molecule has 0 fully saturated rings. The van der Waals surface area contributed by atoms with E-state index in [2.05, 4.69) is 167 Å². The van der Waals surface area contributed by atoms with Gasteiger partial charge in [0.25, 0.3) is 0 Å². The summed E-state index contributed by atoms with van der Waals surface area (Å²) in [6, 6.07) is 0. The summed E-state index contributed by atoms with van der Waals surface area (Å²) < 4.78 is 16.7. The van der Waals surface area contributed by atoms with Crippen molar-refractivity contribution in [1.29, 1.82) is 0 Å². The van der Waals surface area contributed by atoms with E-state index < -0.39 is 12.1 Å². The minimum atomic E-state index is -0.843. The van der Waals surface area contributed by atoms with Crippen molar-refractivity contribution in [2.24, 2.45) is 0 Å². The van der Waals surface area contributed by atoms with Gasteiger partial charge in [0.15, 0.2) is 6.10 Å². The Balaban J connectivity index is 4.63. The smallest absolute Gasteiger partial charge is 0.306 e. The summed E-state index contributed by atoms with van der Waals surface area (Å²) in [6.07, 6.45) is 78.4.